The summed E-state index contributed by atoms with van der Waals surface area (Å²) >= 11 is 0. The third kappa shape index (κ3) is 6.80. The second-order valence-corrected chi connectivity index (χ2v) is 7.75. The van der Waals surface area contributed by atoms with Crippen LogP contribution in [0.5, 0.6) is 5.75 Å². The number of hydrogen-bond acceptors (Lipinski definition) is 6. The summed E-state index contributed by atoms with van der Waals surface area (Å²) in [5, 5.41) is 14.3. The molecule has 2 N–H and O–H groups in total. The van der Waals surface area contributed by atoms with Crippen LogP contribution in [-0.4, -0.2) is 72.8 Å². The molecule has 0 spiro atoms. The van der Waals surface area contributed by atoms with Crippen molar-refractivity contribution in [3.63, 3.8) is 0 Å². The van der Waals surface area contributed by atoms with Gasteiger partial charge in [-0.1, -0.05) is 30.3 Å². The van der Waals surface area contributed by atoms with Gasteiger partial charge in [-0.25, -0.2) is 5.43 Å². The number of carbonyl (C=O) groups is 1. The number of phenols is 1. The third-order valence-electron chi connectivity index (χ3n) is 5.62. The van der Waals surface area contributed by atoms with Crippen molar-refractivity contribution in [1.82, 2.24) is 15.2 Å². The van der Waals surface area contributed by atoms with Crippen LogP contribution in [0, 0.1) is 0 Å². The molecule has 0 saturated carbocycles. The summed E-state index contributed by atoms with van der Waals surface area (Å²) in [5.41, 5.74) is 5.43. The van der Waals surface area contributed by atoms with E-state index in [1.807, 2.05) is 18.2 Å². The quantitative estimate of drug-likeness (QED) is 0.479. The fraction of sp³-hybridized carbons (Fsp3) is 0.417. The molecule has 1 saturated heterocycles. The fourth-order valence-electron chi connectivity index (χ4n) is 3.79. The highest BCUT2D eigenvalue weighted by atomic mass is 16.3. The van der Waals surface area contributed by atoms with E-state index in [0.717, 1.165) is 51.5 Å². The summed E-state index contributed by atoms with van der Waals surface area (Å²) in [7, 11) is 0. The van der Waals surface area contributed by atoms with Gasteiger partial charge in [0.1, 0.15) is 5.75 Å². The third-order valence-corrected chi connectivity index (χ3v) is 5.62. The molecule has 0 aromatic heterocycles. The minimum atomic E-state index is -0.146. The zero-order valence-electron chi connectivity index (χ0n) is 18.5. The Morgan fingerprint density at radius 2 is 1.74 bits per heavy atom. The molecule has 0 radical (unpaired) electrons. The summed E-state index contributed by atoms with van der Waals surface area (Å²) in [6.45, 7) is 10.8. The van der Waals surface area contributed by atoms with Crippen molar-refractivity contribution in [2.75, 3.05) is 50.7 Å². The summed E-state index contributed by atoms with van der Waals surface area (Å²) < 4.78 is 0. The van der Waals surface area contributed by atoms with Crippen molar-refractivity contribution >= 4 is 17.8 Å². The lowest BCUT2D eigenvalue weighted by molar-refractivity contribution is -0.122. The van der Waals surface area contributed by atoms with Crippen LogP contribution in [0.3, 0.4) is 0 Å². The molecule has 1 amide bonds. The molecule has 31 heavy (non-hydrogen) atoms. The summed E-state index contributed by atoms with van der Waals surface area (Å²) in [6, 6.07) is 15.9. The number of anilines is 1. The molecule has 1 aliphatic rings. The second kappa shape index (κ2) is 11.5. The van der Waals surface area contributed by atoms with Crippen molar-refractivity contribution < 1.29 is 9.90 Å². The van der Waals surface area contributed by atoms with Gasteiger partial charge in [-0.05, 0) is 31.5 Å². The van der Waals surface area contributed by atoms with Gasteiger partial charge in [0.2, 0.25) is 0 Å². The molecule has 3 rings (SSSR count). The number of rotatable bonds is 9. The van der Waals surface area contributed by atoms with E-state index in [4.69, 9.17) is 0 Å². The minimum Gasteiger partial charge on any atom is -0.507 e. The molecule has 2 aromatic rings. The maximum atomic E-state index is 12.2. The summed E-state index contributed by atoms with van der Waals surface area (Å²) in [4.78, 5) is 18.9. The lowest BCUT2D eigenvalue weighted by Crippen LogP contribution is -2.48. The van der Waals surface area contributed by atoms with Crippen molar-refractivity contribution in [2.45, 2.75) is 20.4 Å². The molecule has 0 aliphatic carbocycles. The Kier molecular flexibility index (Phi) is 8.44. The van der Waals surface area contributed by atoms with E-state index in [9.17, 15) is 9.90 Å². The van der Waals surface area contributed by atoms with Gasteiger partial charge in [-0.3, -0.25) is 14.6 Å². The number of aromatic hydroxyl groups is 1. The van der Waals surface area contributed by atoms with Crippen molar-refractivity contribution in [2.24, 2.45) is 5.10 Å². The largest absolute Gasteiger partial charge is 0.507 e. The number of phenolic OH excluding ortho intramolecular Hbond substituents is 1. The maximum Gasteiger partial charge on any atom is 0.254 e. The molecule has 2 aromatic carbocycles. The zero-order valence-corrected chi connectivity index (χ0v) is 18.5. The van der Waals surface area contributed by atoms with Crippen LogP contribution < -0.4 is 10.3 Å². The predicted octanol–water partition coefficient (Wildman–Crippen LogP) is 2.51. The Bertz CT molecular complexity index is 860. The standard InChI is InChI=1S/C24H33N5O2/c1-3-29(4-2)22-11-10-21(23(30)16-22)17-25-26-24(31)19-28-14-12-27(13-15-28)18-20-8-6-5-7-9-20/h5-11,16-17,30H,3-4,12-15,18-19H2,1-2H3,(H,26,31)/b25-17-. The lowest BCUT2D eigenvalue weighted by Gasteiger charge is -2.34. The molecule has 0 unspecified atom stereocenters. The smallest absolute Gasteiger partial charge is 0.254 e. The van der Waals surface area contributed by atoms with Gasteiger partial charge in [0.15, 0.2) is 0 Å². The molecule has 7 heteroatoms. The van der Waals surface area contributed by atoms with E-state index >= 15 is 0 Å². The van der Waals surface area contributed by atoms with Crippen LogP contribution in [0.2, 0.25) is 0 Å². The number of carbonyl (C=O) groups excluding carboxylic acids is 1. The SMILES string of the molecule is CCN(CC)c1ccc(/C=N\NC(=O)CN2CCN(Cc3ccccc3)CC2)c(O)c1. The number of hydrazone groups is 1. The molecular weight excluding hydrogens is 390 g/mol. The average Bonchev–Trinajstić information content (AvgIpc) is 2.78. The van der Waals surface area contributed by atoms with Gasteiger partial charge in [0.25, 0.3) is 5.91 Å². The van der Waals surface area contributed by atoms with E-state index < -0.39 is 0 Å². The number of benzene rings is 2. The van der Waals surface area contributed by atoms with Crippen LogP contribution in [0.15, 0.2) is 53.6 Å². The topological polar surface area (TPSA) is 71.4 Å². The Morgan fingerprint density at radius 3 is 2.39 bits per heavy atom. The predicted molar refractivity (Wildman–Crippen MR) is 126 cm³/mol. The highest BCUT2D eigenvalue weighted by Crippen LogP contribution is 2.23. The van der Waals surface area contributed by atoms with E-state index in [1.165, 1.54) is 11.8 Å². The summed E-state index contributed by atoms with van der Waals surface area (Å²) in [5.74, 6) is 0.00366. The zero-order chi connectivity index (χ0) is 22.1. The van der Waals surface area contributed by atoms with Gasteiger partial charge in [0, 0.05) is 63.1 Å². The molecule has 1 fully saturated rings. The van der Waals surface area contributed by atoms with Crippen molar-refractivity contribution in [3.8, 4) is 5.75 Å². The Labute approximate surface area is 185 Å². The molecule has 1 aliphatic heterocycles. The monoisotopic (exact) mass is 423 g/mol. The normalized spacial score (nSPS) is 15.3. The maximum absolute atomic E-state index is 12.2. The van der Waals surface area contributed by atoms with Crippen molar-refractivity contribution in [3.05, 3.63) is 59.7 Å². The molecule has 1 heterocycles. The second-order valence-electron chi connectivity index (χ2n) is 7.75. The number of hydrogen-bond donors (Lipinski definition) is 2. The van der Waals surface area contributed by atoms with Gasteiger partial charge < -0.3 is 10.0 Å². The van der Waals surface area contributed by atoms with Gasteiger partial charge >= 0.3 is 0 Å². The summed E-state index contributed by atoms with van der Waals surface area (Å²) in [6.07, 6.45) is 1.48. The average molecular weight is 424 g/mol. The lowest BCUT2D eigenvalue weighted by atomic mass is 10.2. The number of amides is 1. The fourth-order valence-corrected chi connectivity index (χ4v) is 3.79. The van der Waals surface area contributed by atoms with E-state index in [0.29, 0.717) is 12.1 Å². The van der Waals surface area contributed by atoms with Gasteiger partial charge in [-0.2, -0.15) is 5.10 Å². The molecular formula is C24H33N5O2. The van der Waals surface area contributed by atoms with Crippen molar-refractivity contribution in [1.29, 1.82) is 0 Å². The minimum absolute atomic E-state index is 0.146. The van der Waals surface area contributed by atoms with Crippen LogP contribution >= 0.6 is 0 Å². The first-order valence-electron chi connectivity index (χ1n) is 11.0. The molecule has 0 bridgehead atoms. The van der Waals surface area contributed by atoms with Crippen LogP contribution in [0.4, 0.5) is 5.69 Å². The number of piperazine rings is 1. The molecule has 7 nitrogen and oxygen atoms in total. The first kappa shape index (κ1) is 22.8. The van der Waals surface area contributed by atoms with E-state index in [2.05, 4.69) is 63.3 Å². The van der Waals surface area contributed by atoms with Crippen LogP contribution in [-0.2, 0) is 11.3 Å². The Morgan fingerprint density at radius 1 is 1.06 bits per heavy atom. The highest BCUT2D eigenvalue weighted by molar-refractivity contribution is 5.86. The molecule has 166 valence electrons. The Balaban J connectivity index is 1.42. The Hall–Kier alpha value is -2.90. The highest BCUT2D eigenvalue weighted by Gasteiger charge is 2.18. The molecule has 0 atom stereocenters. The first-order chi connectivity index (χ1) is 15.1. The van der Waals surface area contributed by atoms with Gasteiger partial charge in [0.05, 0.1) is 12.8 Å². The van der Waals surface area contributed by atoms with E-state index in [1.54, 1.807) is 6.07 Å². The first-order valence-corrected chi connectivity index (χ1v) is 11.0. The van der Waals surface area contributed by atoms with Gasteiger partial charge in [-0.15, -0.1) is 0 Å². The van der Waals surface area contributed by atoms with Crippen LogP contribution in [0.25, 0.3) is 0 Å². The number of nitrogens with zero attached hydrogens (tertiary/aromatic N) is 4. The number of nitrogens with one attached hydrogen (secondary N) is 1. The van der Waals surface area contributed by atoms with Crippen LogP contribution in [0.1, 0.15) is 25.0 Å². The van der Waals surface area contributed by atoms with E-state index in [-0.39, 0.29) is 11.7 Å².